The molecule has 5 heteroatoms. The minimum atomic E-state index is -3.61. The first kappa shape index (κ1) is 13.4. The lowest BCUT2D eigenvalue weighted by Crippen LogP contribution is -2.37. The summed E-state index contributed by atoms with van der Waals surface area (Å²) >= 11 is 0. The second-order valence-corrected chi connectivity index (χ2v) is 6.73. The number of phenols is 1. The van der Waals surface area contributed by atoms with Crippen molar-refractivity contribution >= 4 is 10.0 Å². The summed E-state index contributed by atoms with van der Waals surface area (Å²) in [5.74, 6) is 0.477. The van der Waals surface area contributed by atoms with Crippen LogP contribution in [-0.4, -0.2) is 19.6 Å². The highest BCUT2D eigenvalue weighted by molar-refractivity contribution is 7.89. The number of hydrogen-bond acceptors (Lipinski definition) is 3. The highest BCUT2D eigenvalue weighted by Crippen LogP contribution is 2.26. The van der Waals surface area contributed by atoms with E-state index in [9.17, 15) is 13.5 Å². The molecule has 0 radical (unpaired) electrons. The molecule has 2 N–H and O–H groups in total. The van der Waals surface area contributed by atoms with E-state index >= 15 is 0 Å². The average Bonchev–Trinajstić information content (AvgIpc) is 2.32. The third kappa shape index (κ3) is 3.03. The first-order valence-corrected chi connectivity index (χ1v) is 7.77. The fourth-order valence-electron chi connectivity index (χ4n) is 2.35. The Bertz CT molecular complexity index is 505. The number of sulfonamides is 1. The number of nitrogens with one attached hydrogen (secondary N) is 1. The van der Waals surface area contributed by atoms with E-state index in [2.05, 4.69) is 11.6 Å². The van der Waals surface area contributed by atoms with E-state index in [0.717, 1.165) is 25.7 Å². The van der Waals surface area contributed by atoms with Gasteiger partial charge in [0.2, 0.25) is 10.0 Å². The van der Waals surface area contributed by atoms with Crippen LogP contribution in [0.3, 0.4) is 0 Å². The molecule has 1 saturated carbocycles. The normalized spacial score (nSPS) is 24.9. The fourth-order valence-corrected chi connectivity index (χ4v) is 3.75. The Morgan fingerprint density at radius 3 is 2.39 bits per heavy atom. The largest absolute Gasteiger partial charge is 0.507 e. The molecule has 0 amide bonds. The van der Waals surface area contributed by atoms with Crippen molar-refractivity contribution in [3.8, 4) is 5.75 Å². The monoisotopic (exact) mass is 269 g/mol. The minimum Gasteiger partial charge on any atom is -0.507 e. The van der Waals surface area contributed by atoms with Crippen molar-refractivity contribution in [2.75, 3.05) is 0 Å². The van der Waals surface area contributed by atoms with Gasteiger partial charge < -0.3 is 5.11 Å². The van der Waals surface area contributed by atoms with Gasteiger partial charge in [-0.15, -0.1) is 0 Å². The van der Waals surface area contributed by atoms with Crippen LogP contribution in [0.4, 0.5) is 0 Å². The van der Waals surface area contributed by atoms with Crippen LogP contribution >= 0.6 is 0 Å². The predicted molar refractivity (Wildman–Crippen MR) is 69.8 cm³/mol. The van der Waals surface area contributed by atoms with Crippen LogP contribution in [-0.2, 0) is 10.0 Å². The van der Waals surface area contributed by atoms with Crippen molar-refractivity contribution in [3.05, 3.63) is 24.3 Å². The molecular weight excluding hydrogens is 250 g/mol. The molecule has 100 valence electrons. The van der Waals surface area contributed by atoms with E-state index in [1.54, 1.807) is 12.1 Å². The summed E-state index contributed by atoms with van der Waals surface area (Å²) in [7, 11) is -3.61. The highest BCUT2D eigenvalue weighted by Gasteiger charge is 2.25. The SMILES string of the molecule is CC1CCC(NS(=O)(=O)c2ccccc2O)CC1. The Morgan fingerprint density at radius 1 is 1.17 bits per heavy atom. The lowest BCUT2D eigenvalue weighted by atomic mass is 9.88. The first-order valence-electron chi connectivity index (χ1n) is 6.29. The molecule has 1 aliphatic rings. The van der Waals surface area contributed by atoms with Crippen molar-refractivity contribution in [3.63, 3.8) is 0 Å². The van der Waals surface area contributed by atoms with Crippen molar-refractivity contribution in [2.24, 2.45) is 5.92 Å². The number of para-hydroxylation sites is 1. The maximum atomic E-state index is 12.1. The van der Waals surface area contributed by atoms with E-state index in [0.29, 0.717) is 5.92 Å². The summed E-state index contributed by atoms with van der Waals surface area (Å²) in [4.78, 5) is -0.0383. The number of hydrogen-bond donors (Lipinski definition) is 2. The molecule has 0 bridgehead atoms. The van der Waals surface area contributed by atoms with Gasteiger partial charge in [-0.1, -0.05) is 19.1 Å². The van der Waals surface area contributed by atoms with E-state index in [-0.39, 0.29) is 16.7 Å². The maximum Gasteiger partial charge on any atom is 0.244 e. The van der Waals surface area contributed by atoms with Crippen LogP contribution in [0, 0.1) is 5.92 Å². The van der Waals surface area contributed by atoms with Crippen molar-refractivity contribution < 1.29 is 13.5 Å². The molecule has 0 saturated heterocycles. The zero-order valence-electron chi connectivity index (χ0n) is 10.5. The van der Waals surface area contributed by atoms with Gasteiger partial charge in [0.25, 0.3) is 0 Å². The third-order valence-electron chi connectivity index (χ3n) is 3.49. The molecule has 1 aromatic rings. The highest BCUT2D eigenvalue weighted by atomic mass is 32.2. The van der Waals surface area contributed by atoms with Crippen LogP contribution in [0.1, 0.15) is 32.6 Å². The van der Waals surface area contributed by atoms with E-state index < -0.39 is 10.0 Å². The molecule has 0 aromatic heterocycles. The molecule has 0 heterocycles. The second kappa shape index (κ2) is 5.28. The van der Waals surface area contributed by atoms with Gasteiger partial charge in [0.15, 0.2) is 0 Å². The van der Waals surface area contributed by atoms with Gasteiger partial charge in [0, 0.05) is 6.04 Å². The van der Waals surface area contributed by atoms with Crippen molar-refractivity contribution in [2.45, 2.75) is 43.5 Å². The topological polar surface area (TPSA) is 66.4 Å². The van der Waals surface area contributed by atoms with Gasteiger partial charge in [-0.2, -0.15) is 0 Å². The van der Waals surface area contributed by atoms with Crippen LogP contribution in [0.25, 0.3) is 0 Å². The Balaban J connectivity index is 2.11. The van der Waals surface area contributed by atoms with Gasteiger partial charge in [-0.3, -0.25) is 0 Å². The molecule has 2 rings (SSSR count). The number of benzene rings is 1. The minimum absolute atomic E-state index is 0.00851. The molecule has 4 nitrogen and oxygen atoms in total. The zero-order valence-corrected chi connectivity index (χ0v) is 11.3. The Kier molecular flexibility index (Phi) is 3.92. The van der Waals surface area contributed by atoms with Crippen molar-refractivity contribution in [1.82, 2.24) is 4.72 Å². The van der Waals surface area contributed by atoms with Gasteiger partial charge >= 0.3 is 0 Å². The summed E-state index contributed by atoms with van der Waals surface area (Å²) in [5.41, 5.74) is 0. The second-order valence-electron chi connectivity index (χ2n) is 5.05. The van der Waals surface area contributed by atoms with Gasteiger partial charge in [-0.05, 0) is 43.7 Å². The van der Waals surface area contributed by atoms with E-state index in [1.807, 2.05) is 0 Å². The van der Waals surface area contributed by atoms with Gasteiger partial charge in [-0.25, -0.2) is 13.1 Å². The molecule has 1 aliphatic carbocycles. The summed E-state index contributed by atoms with van der Waals surface area (Å²) in [6, 6.07) is 6.01. The lowest BCUT2D eigenvalue weighted by Gasteiger charge is -2.26. The molecule has 0 atom stereocenters. The Hall–Kier alpha value is -1.07. The molecule has 0 spiro atoms. The molecule has 0 unspecified atom stereocenters. The quantitative estimate of drug-likeness (QED) is 0.884. The van der Waals surface area contributed by atoms with Gasteiger partial charge in [0.05, 0.1) is 0 Å². The summed E-state index contributed by atoms with van der Waals surface area (Å²) < 4.78 is 26.9. The zero-order chi connectivity index (χ0) is 13.2. The maximum absolute atomic E-state index is 12.1. The summed E-state index contributed by atoms with van der Waals surface area (Å²) in [6.45, 7) is 2.19. The van der Waals surface area contributed by atoms with E-state index in [4.69, 9.17) is 0 Å². The molecule has 18 heavy (non-hydrogen) atoms. The number of rotatable bonds is 3. The molecule has 1 fully saturated rings. The molecular formula is C13H19NO3S. The Labute approximate surface area is 108 Å². The van der Waals surface area contributed by atoms with Crippen LogP contribution in [0.2, 0.25) is 0 Å². The predicted octanol–water partition coefficient (Wildman–Crippen LogP) is 2.25. The summed E-state index contributed by atoms with van der Waals surface area (Å²) in [6.07, 6.45) is 3.84. The first-order chi connectivity index (χ1) is 8.49. The third-order valence-corrected chi connectivity index (χ3v) is 5.06. The van der Waals surface area contributed by atoms with Crippen molar-refractivity contribution in [1.29, 1.82) is 0 Å². The number of aromatic hydroxyl groups is 1. The van der Waals surface area contributed by atoms with Gasteiger partial charge in [0.1, 0.15) is 10.6 Å². The fraction of sp³-hybridized carbons (Fsp3) is 0.538. The summed E-state index contributed by atoms with van der Waals surface area (Å²) in [5, 5.41) is 9.60. The standard InChI is InChI=1S/C13H19NO3S/c1-10-6-8-11(9-7-10)14-18(16,17)13-5-3-2-4-12(13)15/h2-5,10-11,14-15H,6-9H2,1H3. The number of phenolic OH excluding ortho intramolecular Hbond substituents is 1. The van der Waals surface area contributed by atoms with E-state index in [1.165, 1.54) is 12.1 Å². The molecule has 1 aromatic carbocycles. The lowest BCUT2D eigenvalue weighted by molar-refractivity contribution is 0.331. The Morgan fingerprint density at radius 2 is 1.78 bits per heavy atom. The van der Waals surface area contributed by atoms with Crippen LogP contribution < -0.4 is 4.72 Å². The average molecular weight is 269 g/mol. The van der Waals surface area contributed by atoms with Crippen LogP contribution in [0.5, 0.6) is 5.75 Å². The van der Waals surface area contributed by atoms with Crippen LogP contribution in [0.15, 0.2) is 29.2 Å². The smallest absolute Gasteiger partial charge is 0.244 e. The molecule has 0 aliphatic heterocycles.